The zero-order valence-electron chi connectivity index (χ0n) is 42.7. The number of ether oxygens (including phenoxy) is 1. The van der Waals surface area contributed by atoms with Crippen LogP contribution in [0, 0.1) is 39.0 Å². The molecule has 8 rings (SSSR count). The number of hydrogen-bond acceptors (Lipinski definition) is 12. The summed E-state index contributed by atoms with van der Waals surface area (Å²) in [6.07, 6.45) is 7.06. The number of piperidine rings is 1. The molecule has 2 N–H and O–H groups in total. The number of nitrogens with zero attached hydrogens (tertiary/aromatic N) is 7. The lowest BCUT2D eigenvalue weighted by atomic mass is 9.85. The zero-order chi connectivity index (χ0) is 51.4. The van der Waals surface area contributed by atoms with Crippen LogP contribution in [-0.2, 0) is 23.9 Å². The molecule has 2 aliphatic heterocycles. The number of aryl methyl sites for hydroxylation is 4. The van der Waals surface area contributed by atoms with Gasteiger partial charge in [-0.3, -0.25) is 19.2 Å². The van der Waals surface area contributed by atoms with Crippen molar-refractivity contribution in [2.75, 3.05) is 37.6 Å². The number of anilines is 2. The minimum absolute atomic E-state index is 0.0446. The Morgan fingerprint density at radius 2 is 1.69 bits per heavy atom. The summed E-state index contributed by atoms with van der Waals surface area (Å²) in [7, 11) is 0. The van der Waals surface area contributed by atoms with Gasteiger partial charge >= 0.3 is 5.97 Å². The van der Waals surface area contributed by atoms with Crippen LogP contribution in [0.15, 0.2) is 93.9 Å². The highest BCUT2D eigenvalue weighted by molar-refractivity contribution is 9.10. The molecule has 72 heavy (non-hydrogen) atoms. The zero-order valence-corrected chi connectivity index (χ0v) is 45.1. The molecular weight excluding hydrogens is 995 g/mol. The molecule has 0 spiro atoms. The standard InChI is InChI=1S/C55H66BrN9O6S/c1-33-10-11-42(50-35(3)61-71-37(50)5)26-47(33)64(43-16-17-46(45(56)27-43)63-25-21-57-31-63)29-39-18-22-62(23-19-39)24-20-49(67)60-52(55(7,8)9)54(69)65-30-44(70-38(6)66)28-48(65)53(68)59-34(2)40-12-14-41(15-13-40)51-36(4)58-32-72-51/h10-17,21,25-27,31-32,34,39,44,48,52H,18-20,22-24,28-30H2,1-9H3,(H,59,68)(H,60,67)/t34-,44+,48-,52+/m0/s1. The molecule has 0 aliphatic carbocycles. The first-order valence-corrected chi connectivity index (χ1v) is 26.4. The molecule has 3 aromatic heterocycles. The summed E-state index contributed by atoms with van der Waals surface area (Å²) in [5, 5.41) is 10.4. The van der Waals surface area contributed by atoms with Gasteiger partial charge in [-0.2, -0.15) is 0 Å². The Labute approximate surface area is 434 Å². The molecule has 4 atom stereocenters. The summed E-state index contributed by atoms with van der Waals surface area (Å²) in [4.78, 5) is 70.6. The van der Waals surface area contributed by atoms with Crippen LogP contribution in [-0.4, -0.2) is 104 Å². The first kappa shape index (κ1) is 52.2. The maximum absolute atomic E-state index is 14.6. The Kier molecular flexibility index (Phi) is 16.2. The number of likely N-dealkylation sites (tertiary alicyclic amines) is 2. The van der Waals surface area contributed by atoms with Gasteiger partial charge in [0.25, 0.3) is 0 Å². The van der Waals surface area contributed by atoms with Crippen molar-refractivity contribution < 1.29 is 28.4 Å². The van der Waals surface area contributed by atoms with Crippen molar-refractivity contribution in [2.45, 2.75) is 112 Å². The summed E-state index contributed by atoms with van der Waals surface area (Å²) in [5.41, 5.74) is 11.3. The van der Waals surface area contributed by atoms with Crippen LogP contribution in [0.1, 0.15) is 94.6 Å². The molecule has 2 saturated heterocycles. The third kappa shape index (κ3) is 12.0. The van der Waals surface area contributed by atoms with Crippen LogP contribution in [0.5, 0.6) is 0 Å². The van der Waals surface area contributed by atoms with Gasteiger partial charge in [-0.1, -0.05) is 62.3 Å². The number of benzene rings is 3. The quantitative estimate of drug-likeness (QED) is 0.0886. The second-order valence-electron chi connectivity index (χ2n) is 20.4. The molecule has 0 unspecified atom stereocenters. The van der Waals surface area contributed by atoms with Crippen molar-refractivity contribution in [3.05, 3.63) is 118 Å². The minimum Gasteiger partial charge on any atom is -0.461 e. The van der Waals surface area contributed by atoms with Crippen molar-refractivity contribution in [3.63, 3.8) is 0 Å². The molecule has 2 fully saturated rings. The number of hydrogen-bond donors (Lipinski definition) is 2. The monoisotopic (exact) mass is 1060 g/mol. The number of carbonyl (C=O) groups is 4. The third-order valence-corrected chi connectivity index (χ3v) is 15.6. The lowest BCUT2D eigenvalue weighted by Crippen LogP contribution is -2.58. The van der Waals surface area contributed by atoms with Gasteiger partial charge in [0.1, 0.15) is 23.9 Å². The van der Waals surface area contributed by atoms with Gasteiger partial charge in [-0.25, -0.2) is 9.97 Å². The average Bonchev–Trinajstić information content (AvgIpc) is 4.18. The van der Waals surface area contributed by atoms with E-state index in [9.17, 15) is 19.2 Å². The van der Waals surface area contributed by atoms with Crippen LogP contribution in [0.3, 0.4) is 0 Å². The van der Waals surface area contributed by atoms with Crippen molar-refractivity contribution in [3.8, 4) is 27.3 Å². The average molecular weight is 1060 g/mol. The third-order valence-electron chi connectivity index (χ3n) is 14.0. The predicted molar refractivity (Wildman–Crippen MR) is 284 cm³/mol. The molecule has 15 nitrogen and oxygen atoms in total. The molecule has 3 aromatic carbocycles. The number of esters is 1. The molecule has 17 heteroatoms. The number of carbonyl (C=O) groups excluding carboxylic acids is 4. The Morgan fingerprint density at radius 3 is 2.32 bits per heavy atom. The summed E-state index contributed by atoms with van der Waals surface area (Å²) in [5.74, 6) is -0.309. The molecule has 2 aliphatic rings. The van der Waals surface area contributed by atoms with Gasteiger partial charge in [-0.15, -0.1) is 11.3 Å². The van der Waals surface area contributed by atoms with E-state index in [2.05, 4.69) is 94.8 Å². The second-order valence-corrected chi connectivity index (χ2v) is 22.1. The summed E-state index contributed by atoms with van der Waals surface area (Å²) >= 11 is 5.44. The van der Waals surface area contributed by atoms with Gasteiger partial charge in [-0.05, 0) is 134 Å². The van der Waals surface area contributed by atoms with Crippen molar-refractivity contribution in [1.82, 2.24) is 40.1 Å². The van der Waals surface area contributed by atoms with E-state index in [0.717, 1.165) is 104 Å². The van der Waals surface area contributed by atoms with E-state index in [1.807, 2.05) is 89.0 Å². The second kappa shape index (κ2) is 22.3. The lowest BCUT2D eigenvalue weighted by molar-refractivity contribution is -0.147. The van der Waals surface area contributed by atoms with E-state index in [1.165, 1.54) is 11.8 Å². The fraction of sp³-hybridized carbons (Fsp3) is 0.436. The molecule has 0 bridgehead atoms. The first-order chi connectivity index (χ1) is 34.3. The lowest BCUT2D eigenvalue weighted by Gasteiger charge is -2.37. The van der Waals surface area contributed by atoms with Gasteiger partial charge < -0.3 is 39.2 Å². The fourth-order valence-corrected chi connectivity index (χ4v) is 11.4. The fourth-order valence-electron chi connectivity index (χ4n) is 10.0. The van der Waals surface area contributed by atoms with E-state index < -0.39 is 29.6 Å². The van der Waals surface area contributed by atoms with Crippen molar-refractivity contribution >= 4 is 62.3 Å². The van der Waals surface area contributed by atoms with Crippen LogP contribution in [0.25, 0.3) is 27.3 Å². The van der Waals surface area contributed by atoms with E-state index in [1.54, 1.807) is 23.9 Å². The topological polar surface area (TPSA) is 168 Å². The summed E-state index contributed by atoms with van der Waals surface area (Å²) in [6, 6.07) is 18.8. The maximum Gasteiger partial charge on any atom is 0.302 e. The predicted octanol–water partition coefficient (Wildman–Crippen LogP) is 9.83. The normalized spacial score (nSPS) is 17.4. The minimum atomic E-state index is -0.929. The number of halogens is 1. The van der Waals surface area contributed by atoms with Crippen molar-refractivity contribution in [1.29, 1.82) is 0 Å². The Hall–Kier alpha value is -6.17. The first-order valence-electron chi connectivity index (χ1n) is 24.7. The van der Waals surface area contributed by atoms with Crippen LogP contribution < -0.4 is 15.5 Å². The maximum atomic E-state index is 14.6. The van der Waals surface area contributed by atoms with Crippen LogP contribution in [0.2, 0.25) is 0 Å². The van der Waals surface area contributed by atoms with Gasteiger partial charge in [0.05, 0.1) is 46.4 Å². The van der Waals surface area contributed by atoms with E-state index >= 15 is 0 Å². The SMILES string of the molecule is CC(=O)O[C@@H]1C[C@@H](C(=O)N[C@@H](C)c2ccc(-c3scnc3C)cc2)N(C(=O)[C@@H](NC(=O)CCN2CCC(CN(c3ccc(-n4ccnc4)c(Br)c3)c3cc(-c4c(C)noc4C)ccc3C)CC2)C(C)(C)C)C1. The van der Waals surface area contributed by atoms with E-state index in [4.69, 9.17) is 9.26 Å². The van der Waals surface area contributed by atoms with E-state index in [-0.39, 0.29) is 43.1 Å². The highest BCUT2D eigenvalue weighted by Gasteiger charge is 2.46. The highest BCUT2D eigenvalue weighted by Crippen LogP contribution is 2.39. The summed E-state index contributed by atoms with van der Waals surface area (Å²) < 4.78 is 14.1. The molecule has 5 heterocycles. The number of nitrogens with one attached hydrogen (secondary N) is 2. The summed E-state index contributed by atoms with van der Waals surface area (Å²) in [6.45, 7) is 20.0. The number of imidazole rings is 1. The number of rotatable bonds is 16. The highest BCUT2D eigenvalue weighted by atomic mass is 79.9. The molecule has 6 aromatic rings. The molecular formula is C55H66BrN9O6S. The van der Waals surface area contributed by atoms with Crippen LogP contribution in [0.4, 0.5) is 11.4 Å². The number of aromatic nitrogens is 4. The van der Waals surface area contributed by atoms with Gasteiger partial charge in [0.2, 0.25) is 17.7 Å². The van der Waals surface area contributed by atoms with Gasteiger partial charge in [0.15, 0.2) is 0 Å². The number of thiazole rings is 1. The largest absolute Gasteiger partial charge is 0.461 e. The van der Waals surface area contributed by atoms with Gasteiger partial charge in [0, 0.05) is 66.7 Å². The van der Waals surface area contributed by atoms with Crippen LogP contribution >= 0.6 is 27.3 Å². The Balaban J connectivity index is 0.906. The Bertz CT molecular complexity index is 2860. The Morgan fingerprint density at radius 1 is 0.958 bits per heavy atom. The molecule has 0 saturated carbocycles. The molecule has 0 radical (unpaired) electrons. The molecule has 3 amide bonds. The van der Waals surface area contributed by atoms with Crippen molar-refractivity contribution in [2.24, 2.45) is 11.3 Å². The smallest absolute Gasteiger partial charge is 0.302 e. The molecule has 380 valence electrons. The number of amides is 3. The van der Waals surface area contributed by atoms with E-state index in [0.29, 0.717) is 12.5 Å².